The Morgan fingerprint density at radius 1 is 0.808 bits per heavy atom. The maximum absolute atomic E-state index is 2.40. The molecule has 26 heavy (non-hydrogen) atoms. The van der Waals surface area contributed by atoms with Gasteiger partial charge in [0.05, 0.1) is 0 Å². The summed E-state index contributed by atoms with van der Waals surface area (Å²) in [5.74, 6) is 1.08. The number of hydrogen-bond acceptors (Lipinski definition) is 0. The number of rotatable bonds is 2. The molecular formula is C23H19Cl2Zr. The summed E-state index contributed by atoms with van der Waals surface area (Å²) in [5, 5.41) is 5.61. The number of fused-ring (bicyclic) bond motifs is 1. The van der Waals surface area contributed by atoms with Crippen molar-refractivity contribution in [2.45, 2.75) is 25.2 Å². The molecule has 4 aromatic rings. The molecule has 0 bridgehead atoms. The molecule has 5 rings (SSSR count). The van der Waals surface area contributed by atoms with Crippen LogP contribution < -0.4 is 24.8 Å². The summed E-state index contributed by atoms with van der Waals surface area (Å²) in [5.41, 5.74) is 4.53. The van der Waals surface area contributed by atoms with Gasteiger partial charge in [0, 0.05) is 0 Å². The maximum Gasteiger partial charge on any atom is 3.00 e. The van der Waals surface area contributed by atoms with Crippen molar-refractivity contribution in [2.24, 2.45) is 0 Å². The fourth-order valence-electron chi connectivity index (χ4n) is 4.59. The van der Waals surface area contributed by atoms with Crippen LogP contribution in [0.15, 0.2) is 72.8 Å². The van der Waals surface area contributed by atoms with Gasteiger partial charge in [0.2, 0.25) is 0 Å². The first-order valence-corrected chi connectivity index (χ1v) is 8.53. The fourth-order valence-corrected chi connectivity index (χ4v) is 4.59. The smallest absolute Gasteiger partial charge is 1.00 e. The zero-order chi connectivity index (χ0) is 15.4. The minimum Gasteiger partial charge on any atom is -1.00 e. The fraction of sp³-hybridized carbons (Fsp3) is 0.174. The van der Waals surface area contributed by atoms with Gasteiger partial charge in [-0.05, 0) is 40.2 Å². The van der Waals surface area contributed by atoms with Crippen LogP contribution in [-0.4, -0.2) is 0 Å². The van der Waals surface area contributed by atoms with Crippen LogP contribution in [0.4, 0.5) is 0 Å². The number of benzene rings is 3. The van der Waals surface area contributed by atoms with Gasteiger partial charge in [-0.15, -0.1) is 40.6 Å². The molecule has 2 unspecified atom stereocenters. The predicted molar refractivity (Wildman–Crippen MR) is 98.4 cm³/mol. The molecule has 2 atom stereocenters. The normalized spacial score (nSPS) is 17.4. The third-order valence-electron chi connectivity index (χ3n) is 5.55. The van der Waals surface area contributed by atoms with Crippen molar-refractivity contribution >= 4 is 21.5 Å². The van der Waals surface area contributed by atoms with Crippen molar-refractivity contribution < 1.29 is 51.0 Å². The minimum absolute atomic E-state index is 0. The first kappa shape index (κ1) is 21.3. The summed E-state index contributed by atoms with van der Waals surface area (Å²) in [7, 11) is 0. The van der Waals surface area contributed by atoms with Crippen molar-refractivity contribution in [1.29, 1.82) is 0 Å². The van der Waals surface area contributed by atoms with Crippen molar-refractivity contribution in [3.8, 4) is 0 Å². The molecule has 1 aliphatic rings. The second-order valence-electron chi connectivity index (χ2n) is 6.70. The van der Waals surface area contributed by atoms with Crippen LogP contribution in [0.5, 0.6) is 0 Å². The van der Waals surface area contributed by atoms with E-state index in [-0.39, 0.29) is 51.0 Å². The Morgan fingerprint density at radius 3 is 2.15 bits per heavy atom. The Balaban J connectivity index is 0.000000810. The number of hydrogen-bond donors (Lipinski definition) is 0. The molecule has 0 N–H and O–H groups in total. The standard InChI is InChI=1S/C23H19.2ClH.Zr/c1-2-19-20-11-5-9-15-10-6-12-21(22(15)20)23(19)18-13-16-7-3-4-8-17(16)14-18;;;/h3-14,19,23H,2H2,1H3;2*1H;/q-1;;;+3/p-2. The average Bonchev–Trinajstić information content (AvgIpc) is 3.15. The molecular weight excluding hydrogens is 438 g/mol. The molecule has 0 nitrogen and oxygen atoms in total. The Hall–Kier alpha value is -1.01. The van der Waals surface area contributed by atoms with Crippen LogP contribution >= 0.6 is 0 Å². The van der Waals surface area contributed by atoms with Gasteiger partial charge in [-0.2, -0.15) is 6.07 Å². The molecule has 0 aromatic heterocycles. The van der Waals surface area contributed by atoms with Gasteiger partial charge < -0.3 is 24.8 Å². The topological polar surface area (TPSA) is 0 Å². The van der Waals surface area contributed by atoms with Gasteiger partial charge in [-0.25, -0.2) is 0 Å². The zero-order valence-corrected chi connectivity index (χ0v) is 18.5. The predicted octanol–water partition coefficient (Wildman–Crippen LogP) is 0.357. The molecule has 3 heteroatoms. The summed E-state index contributed by atoms with van der Waals surface area (Å²) < 4.78 is 0. The monoisotopic (exact) mass is 455 g/mol. The molecule has 1 aliphatic carbocycles. The van der Waals surface area contributed by atoms with E-state index in [0.29, 0.717) is 11.8 Å². The van der Waals surface area contributed by atoms with Crippen LogP contribution in [0, 0.1) is 0 Å². The maximum atomic E-state index is 2.40. The summed E-state index contributed by atoms with van der Waals surface area (Å²) in [6.07, 6.45) is 1.18. The molecule has 0 aliphatic heterocycles. The van der Waals surface area contributed by atoms with E-state index in [0.717, 1.165) is 0 Å². The molecule has 0 saturated carbocycles. The van der Waals surface area contributed by atoms with Crippen LogP contribution in [0.2, 0.25) is 0 Å². The van der Waals surface area contributed by atoms with Gasteiger partial charge in [0.1, 0.15) is 0 Å². The molecule has 0 heterocycles. The van der Waals surface area contributed by atoms with E-state index >= 15 is 0 Å². The molecule has 129 valence electrons. The Kier molecular flexibility index (Phi) is 6.83. The van der Waals surface area contributed by atoms with Crippen molar-refractivity contribution in [1.82, 2.24) is 0 Å². The van der Waals surface area contributed by atoms with Crippen molar-refractivity contribution in [3.63, 3.8) is 0 Å². The van der Waals surface area contributed by atoms with Crippen LogP contribution in [0.1, 0.15) is 41.9 Å². The van der Waals surface area contributed by atoms with Gasteiger partial charge in [0.25, 0.3) is 0 Å². The largest absolute Gasteiger partial charge is 3.00 e. The van der Waals surface area contributed by atoms with Crippen molar-refractivity contribution in [3.05, 3.63) is 89.5 Å². The SMILES string of the molecule is CCC1c2cccc3cccc(c23)C1c1cc2ccccc2[cH-]1.[Cl-].[Cl-].[Zr+3]. The van der Waals surface area contributed by atoms with E-state index in [2.05, 4.69) is 79.7 Å². The quantitative estimate of drug-likeness (QED) is 0.382. The first-order chi connectivity index (χ1) is 11.4. The zero-order valence-electron chi connectivity index (χ0n) is 14.5. The third kappa shape index (κ3) is 3.09. The van der Waals surface area contributed by atoms with E-state index < -0.39 is 0 Å². The van der Waals surface area contributed by atoms with E-state index in [1.54, 1.807) is 0 Å². The van der Waals surface area contributed by atoms with E-state index in [4.69, 9.17) is 0 Å². The molecule has 0 amide bonds. The molecule has 1 radical (unpaired) electrons. The Labute approximate surface area is 186 Å². The second kappa shape index (κ2) is 8.34. The molecule has 0 saturated heterocycles. The van der Waals surface area contributed by atoms with Crippen LogP contribution in [-0.2, 0) is 26.2 Å². The van der Waals surface area contributed by atoms with E-state index in [1.165, 1.54) is 44.7 Å². The average molecular weight is 458 g/mol. The van der Waals surface area contributed by atoms with Gasteiger partial charge in [-0.1, -0.05) is 49.4 Å². The molecule has 0 spiro atoms. The Bertz CT molecular complexity index is 996. The molecule has 4 aromatic carbocycles. The summed E-state index contributed by atoms with van der Waals surface area (Å²) in [4.78, 5) is 0. The van der Waals surface area contributed by atoms with Crippen LogP contribution in [0.25, 0.3) is 21.5 Å². The minimum atomic E-state index is 0. The molecule has 0 fully saturated rings. The van der Waals surface area contributed by atoms with Gasteiger partial charge in [0.15, 0.2) is 0 Å². The summed E-state index contributed by atoms with van der Waals surface area (Å²) in [6, 6.07) is 27.1. The third-order valence-corrected chi connectivity index (χ3v) is 5.55. The van der Waals surface area contributed by atoms with Gasteiger partial charge in [-0.3, -0.25) is 0 Å². The van der Waals surface area contributed by atoms with Crippen molar-refractivity contribution in [2.75, 3.05) is 0 Å². The summed E-state index contributed by atoms with van der Waals surface area (Å²) >= 11 is 0. The van der Waals surface area contributed by atoms with E-state index in [9.17, 15) is 0 Å². The van der Waals surface area contributed by atoms with Gasteiger partial charge >= 0.3 is 26.2 Å². The number of halogens is 2. The van der Waals surface area contributed by atoms with Crippen LogP contribution in [0.3, 0.4) is 0 Å². The summed E-state index contributed by atoms with van der Waals surface area (Å²) in [6.45, 7) is 2.32. The van der Waals surface area contributed by atoms with E-state index in [1.807, 2.05) is 0 Å². The first-order valence-electron chi connectivity index (χ1n) is 8.53. The second-order valence-corrected chi connectivity index (χ2v) is 6.70. The Morgan fingerprint density at radius 2 is 1.46 bits per heavy atom.